The first kappa shape index (κ1) is 19.9. The summed E-state index contributed by atoms with van der Waals surface area (Å²) in [7, 11) is 0. The zero-order chi connectivity index (χ0) is 18.9. The van der Waals surface area contributed by atoms with Crippen molar-refractivity contribution in [1.82, 2.24) is 15.3 Å². The molecule has 2 N–H and O–H groups in total. The highest BCUT2D eigenvalue weighted by Crippen LogP contribution is 2.12. The van der Waals surface area contributed by atoms with E-state index >= 15 is 0 Å². The van der Waals surface area contributed by atoms with Crippen molar-refractivity contribution < 1.29 is 9.59 Å². The molecule has 0 saturated carbocycles. The smallest absolute Gasteiger partial charge is 0.251 e. The highest BCUT2D eigenvalue weighted by molar-refractivity contribution is 7.99. The number of hydrogen-bond acceptors (Lipinski definition) is 5. The summed E-state index contributed by atoms with van der Waals surface area (Å²) in [5, 5.41) is 3.18. The van der Waals surface area contributed by atoms with Gasteiger partial charge in [-0.3, -0.25) is 14.4 Å². The maximum atomic E-state index is 12.2. The van der Waals surface area contributed by atoms with E-state index in [4.69, 9.17) is 0 Å². The summed E-state index contributed by atoms with van der Waals surface area (Å²) in [5.74, 6) is -0.282. The van der Waals surface area contributed by atoms with Crippen molar-refractivity contribution in [1.29, 1.82) is 0 Å². The number of carbonyl (C=O) groups excluding carboxylic acids is 2. The summed E-state index contributed by atoms with van der Waals surface area (Å²) in [4.78, 5) is 42.7. The molecule has 1 amide bonds. The Hall–Kier alpha value is -2.41. The number of amides is 1. The molecule has 0 aliphatic heterocycles. The number of aromatic nitrogens is 2. The summed E-state index contributed by atoms with van der Waals surface area (Å²) in [5.41, 5.74) is 1.47. The van der Waals surface area contributed by atoms with Gasteiger partial charge in [0, 0.05) is 11.8 Å². The van der Waals surface area contributed by atoms with E-state index in [1.54, 1.807) is 0 Å². The van der Waals surface area contributed by atoms with Gasteiger partial charge in [0.05, 0.1) is 11.8 Å². The Balaban J connectivity index is 1.94. The number of aromatic amines is 1. The van der Waals surface area contributed by atoms with Gasteiger partial charge in [-0.2, -0.15) is 0 Å². The van der Waals surface area contributed by atoms with Crippen LogP contribution in [0.3, 0.4) is 0 Å². The Morgan fingerprint density at radius 2 is 2.00 bits per heavy atom. The van der Waals surface area contributed by atoms with Crippen LogP contribution in [0.15, 0.2) is 46.3 Å². The normalized spacial score (nSPS) is 11.8. The van der Waals surface area contributed by atoms with E-state index in [0.717, 1.165) is 23.7 Å². The quantitative estimate of drug-likeness (QED) is 0.519. The third-order valence-electron chi connectivity index (χ3n) is 3.73. The van der Waals surface area contributed by atoms with Gasteiger partial charge in [-0.05, 0) is 25.3 Å². The number of H-pyrrole nitrogens is 1. The minimum absolute atomic E-state index is 0.0804. The molecule has 1 aromatic heterocycles. The van der Waals surface area contributed by atoms with Gasteiger partial charge in [0.25, 0.3) is 5.56 Å². The number of carbonyl (C=O) groups is 2. The second-order valence-corrected chi connectivity index (χ2v) is 6.97. The minimum Gasteiger partial charge on any atom is -0.345 e. The SMILES string of the molecule is CCCc1cc(=O)[nH]c(SCC(=O)N[C@@H](Cc2ccccc2)C(C)=O)n1. The third kappa shape index (κ3) is 6.48. The molecule has 0 saturated heterocycles. The number of nitrogens with one attached hydrogen (secondary N) is 2. The predicted molar refractivity (Wildman–Crippen MR) is 102 cm³/mol. The topological polar surface area (TPSA) is 91.9 Å². The number of benzene rings is 1. The van der Waals surface area contributed by atoms with E-state index < -0.39 is 6.04 Å². The number of hydrogen-bond donors (Lipinski definition) is 2. The average molecular weight is 373 g/mol. The van der Waals surface area contributed by atoms with Crippen molar-refractivity contribution in [3.8, 4) is 0 Å². The number of aryl methyl sites for hydroxylation is 1. The number of thioether (sulfide) groups is 1. The predicted octanol–water partition coefficient (Wildman–Crippen LogP) is 2.13. The standard InChI is InChI=1S/C19H23N3O3S/c1-3-7-15-11-17(24)22-19(20-15)26-12-18(25)21-16(13(2)23)10-14-8-5-4-6-9-14/h4-6,8-9,11,16H,3,7,10,12H2,1-2H3,(H,21,25)(H,20,22,24)/t16-/m0/s1. The Labute approximate surface area is 156 Å². The molecular weight excluding hydrogens is 350 g/mol. The monoisotopic (exact) mass is 373 g/mol. The fourth-order valence-corrected chi connectivity index (χ4v) is 3.16. The first-order valence-electron chi connectivity index (χ1n) is 8.54. The Kier molecular flexibility index (Phi) is 7.59. The summed E-state index contributed by atoms with van der Waals surface area (Å²) >= 11 is 1.15. The number of rotatable bonds is 9. The number of ketones is 1. The molecule has 0 fully saturated rings. The molecule has 1 atom stereocenters. The largest absolute Gasteiger partial charge is 0.345 e. The van der Waals surface area contributed by atoms with Crippen LogP contribution in [-0.4, -0.2) is 33.5 Å². The number of nitrogens with zero attached hydrogens (tertiary/aromatic N) is 1. The van der Waals surface area contributed by atoms with Gasteiger partial charge in [-0.1, -0.05) is 55.4 Å². The van der Waals surface area contributed by atoms with Gasteiger partial charge in [0.1, 0.15) is 0 Å². The second kappa shape index (κ2) is 9.91. The van der Waals surface area contributed by atoms with E-state index in [-0.39, 0.29) is 23.0 Å². The van der Waals surface area contributed by atoms with Crippen LogP contribution < -0.4 is 10.9 Å². The zero-order valence-electron chi connectivity index (χ0n) is 15.0. The van der Waals surface area contributed by atoms with Gasteiger partial charge in [0.15, 0.2) is 10.9 Å². The lowest BCUT2D eigenvalue weighted by molar-refractivity contribution is -0.125. The average Bonchev–Trinajstić information content (AvgIpc) is 2.60. The zero-order valence-corrected chi connectivity index (χ0v) is 15.8. The van der Waals surface area contributed by atoms with Gasteiger partial charge in [0.2, 0.25) is 5.91 Å². The summed E-state index contributed by atoms with van der Waals surface area (Å²) in [6.45, 7) is 3.48. The van der Waals surface area contributed by atoms with Crippen molar-refractivity contribution in [3.05, 3.63) is 58.0 Å². The molecule has 0 radical (unpaired) electrons. The Bertz CT molecular complexity index is 805. The molecule has 7 heteroatoms. The van der Waals surface area contributed by atoms with Gasteiger partial charge in [-0.25, -0.2) is 4.98 Å². The molecule has 1 aromatic carbocycles. The van der Waals surface area contributed by atoms with Crippen molar-refractivity contribution in [2.75, 3.05) is 5.75 Å². The van der Waals surface area contributed by atoms with Gasteiger partial charge in [-0.15, -0.1) is 0 Å². The molecule has 26 heavy (non-hydrogen) atoms. The van der Waals surface area contributed by atoms with Crippen LogP contribution in [0, 0.1) is 0 Å². The van der Waals surface area contributed by atoms with Crippen molar-refractivity contribution in [2.45, 2.75) is 44.3 Å². The second-order valence-electron chi connectivity index (χ2n) is 6.00. The first-order valence-corrected chi connectivity index (χ1v) is 9.53. The van der Waals surface area contributed by atoms with Crippen LogP contribution in [0.5, 0.6) is 0 Å². The molecule has 0 spiro atoms. The van der Waals surface area contributed by atoms with E-state index in [0.29, 0.717) is 23.7 Å². The van der Waals surface area contributed by atoms with Crippen molar-refractivity contribution >= 4 is 23.5 Å². The maximum absolute atomic E-state index is 12.2. The first-order chi connectivity index (χ1) is 12.5. The maximum Gasteiger partial charge on any atom is 0.251 e. The van der Waals surface area contributed by atoms with Crippen LogP contribution in [0.2, 0.25) is 0 Å². The fraction of sp³-hybridized carbons (Fsp3) is 0.368. The molecule has 0 unspecified atom stereocenters. The van der Waals surface area contributed by atoms with Crippen LogP contribution >= 0.6 is 11.8 Å². The molecule has 6 nitrogen and oxygen atoms in total. The fourth-order valence-electron chi connectivity index (χ4n) is 2.45. The van der Waals surface area contributed by atoms with Gasteiger partial charge >= 0.3 is 0 Å². The molecule has 138 valence electrons. The molecule has 0 aliphatic carbocycles. The summed E-state index contributed by atoms with van der Waals surface area (Å²) in [6.07, 6.45) is 2.06. The van der Waals surface area contributed by atoms with Crippen LogP contribution in [0.1, 0.15) is 31.5 Å². The summed E-state index contributed by atoms with van der Waals surface area (Å²) in [6, 6.07) is 10.4. The Morgan fingerprint density at radius 3 is 2.65 bits per heavy atom. The lowest BCUT2D eigenvalue weighted by atomic mass is 10.0. The molecule has 2 aromatic rings. The van der Waals surface area contributed by atoms with E-state index in [1.807, 2.05) is 37.3 Å². The van der Waals surface area contributed by atoms with Crippen LogP contribution in [-0.2, 0) is 22.4 Å². The Morgan fingerprint density at radius 1 is 1.27 bits per heavy atom. The van der Waals surface area contributed by atoms with E-state index in [1.165, 1.54) is 13.0 Å². The minimum atomic E-state index is -0.566. The van der Waals surface area contributed by atoms with E-state index in [9.17, 15) is 14.4 Å². The molecular formula is C19H23N3O3S. The molecule has 1 heterocycles. The van der Waals surface area contributed by atoms with Gasteiger partial charge < -0.3 is 10.3 Å². The van der Waals surface area contributed by atoms with Crippen molar-refractivity contribution in [2.24, 2.45) is 0 Å². The molecule has 0 bridgehead atoms. The van der Waals surface area contributed by atoms with Crippen LogP contribution in [0.25, 0.3) is 0 Å². The summed E-state index contributed by atoms with van der Waals surface area (Å²) < 4.78 is 0. The lowest BCUT2D eigenvalue weighted by Gasteiger charge is -2.16. The van der Waals surface area contributed by atoms with Crippen LogP contribution in [0.4, 0.5) is 0 Å². The highest BCUT2D eigenvalue weighted by atomic mass is 32.2. The lowest BCUT2D eigenvalue weighted by Crippen LogP contribution is -2.42. The van der Waals surface area contributed by atoms with Crippen molar-refractivity contribution in [3.63, 3.8) is 0 Å². The number of Topliss-reactive ketones (excluding diaryl/α,β-unsaturated/α-hetero) is 1. The highest BCUT2D eigenvalue weighted by Gasteiger charge is 2.18. The van der Waals surface area contributed by atoms with E-state index in [2.05, 4.69) is 15.3 Å². The third-order valence-corrected chi connectivity index (χ3v) is 4.60. The molecule has 0 aliphatic rings. The molecule has 2 rings (SSSR count).